The molecule has 1 saturated carbocycles. The van der Waals surface area contributed by atoms with Gasteiger partial charge in [0.15, 0.2) is 0 Å². The number of benzene rings is 3. The highest BCUT2D eigenvalue weighted by molar-refractivity contribution is 7.89. The summed E-state index contributed by atoms with van der Waals surface area (Å²) in [7, 11) is -3.77. The first-order valence-corrected chi connectivity index (χ1v) is 16.4. The van der Waals surface area contributed by atoms with Crippen molar-refractivity contribution in [3.63, 3.8) is 0 Å². The van der Waals surface area contributed by atoms with Crippen LogP contribution in [0.4, 0.5) is 10.1 Å². The average molecular weight is 602 g/mol. The Balaban J connectivity index is 0.000000274. The fraction of sp³-hybridized carbons (Fsp3) is 0.314. The van der Waals surface area contributed by atoms with Gasteiger partial charge in [0.1, 0.15) is 5.82 Å². The predicted molar refractivity (Wildman–Crippen MR) is 170 cm³/mol. The number of anilines is 1. The van der Waals surface area contributed by atoms with Crippen molar-refractivity contribution in [3.05, 3.63) is 125 Å². The number of nitrogens with zero attached hydrogens (tertiary/aromatic N) is 2. The molecule has 43 heavy (non-hydrogen) atoms. The van der Waals surface area contributed by atoms with E-state index in [0.717, 1.165) is 48.5 Å². The Labute approximate surface area is 254 Å². The minimum absolute atomic E-state index is 0.0632. The molecule has 2 aliphatic carbocycles. The number of rotatable bonds is 6. The summed E-state index contributed by atoms with van der Waals surface area (Å²) in [4.78, 5) is 20.1. The minimum Gasteiger partial charge on any atom is -0.306 e. The Kier molecular flexibility index (Phi) is 10.8. The van der Waals surface area contributed by atoms with Gasteiger partial charge in [-0.25, -0.2) is 17.9 Å². The van der Waals surface area contributed by atoms with E-state index in [1.54, 1.807) is 0 Å². The van der Waals surface area contributed by atoms with E-state index in [4.69, 9.17) is 5.14 Å². The minimum atomic E-state index is -3.77. The van der Waals surface area contributed by atoms with Gasteiger partial charge in [0.05, 0.1) is 17.1 Å². The van der Waals surface area contributed by atoms with Crippen LogP contribution >= 0.6 is 0 Å². The molecule has 226 valence electrons. The normalized spacial score (nSPS) is 16.9. The number of carbonyl (C=O) groups excluding carboxylic acids is 1. The van der Waals surface area contributed by atoms with E-state index in [-0.39, 0.29) is 16.7 Å². The zero-order valence-corrected chi connectivity index (χ0v) is 25.9. The SMILES string of the molecule is CC.Cc1cccc(CN(C(=O)C2CC2c2ccccc2)c2ccc3c(c2)CCCC3)n1.NS(=O)(=O)c1cccc(F)c1. The number of sulfonamides is 1. The topological polar surface area (TPSA) is 93.4 Å². The van der Waals surface area contributed by atoms with E-state index in [0.29, 0.717) is 12.5 Å². The molecule has 0 radical (unpaired) electrons. The number of nitrogens with two attached hydrogens (primary N) is 1. The van der Waals surface area contributed by atoms with Crippen molar-refractivity contribution in [2.45, 2.75) is 70.2 Å². The van der Waals surface area contributed by atoms with E-state index >= 15 is 0 Å². The van der Waals surface area contributed by atoms with Gasteiger partial charge in [-0.15, -0.1) is 0 Å². The lowest BCUT2D eigenvalue weighted by Crippen LogP contribution is -2.32. The Hall–Kier alpha value is -3.88. The maximum absolute atomic E-state index is 13.6. The number of hydrogen-bond acceptors (Lipinski definition) is 4. The van der Waals surface area contributed by atoms with E-state index < -0.39 is 15.8 Å². The van der Waals surface area contributed by atoms with Crippen LogP contribution in [-0.2, 0) is 34.2 Å². The van der Waals surface area contributed by atoms with Gasteiger partial charge in [-0.05, 0) is 104 Å². The quantitative estimate of drug-likeness (QED) is 0.255. The second kappa shape index (κ2) is 14.5. The van der Waals surface area contributed by atoms with Crippen molar-refractivity contribution in [2.75, 3.05) is 4.90 Å². The number of carbonyl (C=O) groups is 1. The Morgan fingerprint density at radius 1 is 0.907 bits per heavy atom. The summed E-state index contributed by atoms with van der Waals surface area (Å²) in [5, 5.41) is 4.73. The first kappa shape index (κ1) is 32.0. The standard InChI is InChI=1S/C27H28N2O.C6H6FNO2S.C2H6/c1-19-8-7-13-23(28-19)18-29(24-15-14-20-9-5-6-12-22(20)16-24)27(30)26-17-25(26)21-10-3-2-4-11-21;7-5-2-1-3-6(4-5)11(8,9)10;1-2/h2-4,7-8,10-11,13-16,25-26H,5-6,9,12,17-18H2,1H3;1-4H,(H2,8,9,10);1-2H3. The Morgan fingerprint density at radius 3 is 2.26 bits per heavy atom. The van der Waals surface area contributed by atoms with Crippen LogP contribution in [-0.4, -0.2) is 19.3 Å². The molecule has 6 rings (SSSR count). The lowest BCUT2D eigenvalue weighted by molar-refractivity contribution is -0.120. The molecule has 1 amide bonds. The molecule has 2 aliphatic rings. The van der Waals surface area contributed by atoms with Crippen molar-refractivity contribution < 1.29 is 17.6 Å². The molecule has 4 aromatic rings. The third-order valence-corrected chi connectivity index (χ3v) is 8.55. The molecular weight excluding hydrogens is 561 g/mol. The van der Waals surface area contributed by atoms with Crippen molar-refractivity contribution in [1.82, 2.24) is 4.98 Å². The number of aromatic nitrogens is 1. The Morgan fingerprint density at radius 2 is 1.60 bits per heavy atom. The van der Waals surface area contributed by atoms with Crippen molar-refractivity contribution in [3.8, 4) is 0 Å². The second-order valence-corrected chi connectivity index (χ2v) is 12.3. The van der Waals surface area contributed by atoms with Gasteiger partial charge < -0.3 is 4.90 Å². The highest BCUT2D eigenvalue weighted by Crippen LogP contribution is 2.49. The van der Waals surface area contributed by atoms with Crippen LogP contribution in [0.1, 0.15) is 67.1 Å². The van der Waals surface area contributed by atoms with E-state index in [2.05, 4.69) is 47.4 Å². The van der Waals surface area contributed by atoms with Crippen LogP contribution in [0, 0.1) is 18.7 Å². The Bertz CT molecular complexity index is 1640. The maximum Gasteiger partial charge on any atom is 0.238 e. The molecular formula is C35H40FN3O3S. The van der Waals surface area contributed by atoms with Crippen molar-refractivity contribution >= 4 is 21.6 Å². The van der Waals surface area contributed by atoms with Crippen LogP contribution in [0.25, 0.3) is 0 Å². The summed E-state index contributed by atoms with van der Waals surface area (Å²) in [5.74, 6) is 0.0111. The van der Waals surface area contributed by atoms with Crippen LogP contribution in [0.5, 0.6) is 0 Å². The molecule has 0 bridgehead atoms. The van der Waals surface area contributed by atoms with Crippen molar-refractivity contribution in [1.29, 1.82) is 0 Å². The lowest BCUT2D eigenvalue weighted by Gasteiger charge is -2.25. The average Bonchev–Trinajstić information content (AvgIpc) is 3.82. The molecule has 0 aliphatic heterocycles. The molecule has 0 spiro atoms. The van der Waals surface area contributed by atoms with Crippen LogP contribution in [0.3, 0.4) is 0 Å². The molecule has 8 heteroatoms. The largest absolute Gasteiger partial charge is 0.306 e. The highest BCUT2D eigenvalue weighted by Gasteiger charge is 2.46. The van der Waals surface area contributed by atoms with Gasteiger partial charge in [-0.2, -0.15) is 0 Å². The zero-order valence-electron chi connectivity index (χ0n) is 25.0. The lowest BCUT2D eigenvalue weighted by atomic mass is 9.91. The highest BCUT2D eigenvalue weighted by atomic mass is 32.2. The first-order valence-electron chi connectivity index (χ1n) is 14.9. The fourth-order valence-corrected chi connectivity index (χ4v) is 5.96. The molecule has 2 unspecified atom stereocenters. The predicted octanol–water partition coefficient (Wildman–Crippen LogP) is 7.11. The zero-order chi connectivity index (χ0) is 31.0. The summed E-state index contributed by atoms with van der Waals surface area (Å²) in [6.45, 7) is 6.53. The van der Waals surface area contributed by atoms with Crippen molar-refractivity contribution in [2.24, 2.45) is 11.1 Å². The van der Waals surface area contributed by atoms with Gasteiger partial charge in [-0.1, -0.05) is 62.4 Å². The second-order valence-electron chi connectivity index (χ2n) is 10.7. The molecule has 1 aromatic heterocycles. The number of aryl methyl sites for hydroxylation is 3. The molecule has 2 atom stereocenters. The van der Waals surface area contributed by atoms with Gasteiger partial charge in [0, 0.05) is 17.3 Å². The molecule has 1 fully saturated rings. The number of halogens is 1. The molecule has 6 nitrogen and oxygen atoms in total. The first-order chi connectivity index (χ1) is 20.7. The number of primary sulfonamides is 1. The number of pyridine rings is 1. The van der Waals surface area contributed by atoms with E-state index in [1.165, 1.54) is 41.7 Å². The summed E-state index contributed by atoms with van der Waals surface area (Å²) in [5.41, 5.74) is 7.07. The maximum atomic E-state index is 13.6. The third-order valence-electron chi connectivity index (χ3n) is 7.64. The number of fused-ring (bicyclic) bond motifs is 1. The van der Waals surface area contributed by atoms with Crippen LogP contribution in [0.15, 0.2) is 95.9 Å². The summed E-state index contributed by atoms with van der Waals surface area (Å²) >= 11 is 0. The van der Waals surface area contributed by atoms with Crippen LogP contribution in [0.2, 0.25) is 0 Å². The fourth-order valence-electron chi connectivity index (χ4n) is 5.41. The molecule has 2 N–H and O–H groups in total. The van der Waals surface area contributed by atoms with Crippen LogP contribution < -0.4 is 10.0 Å². The number of hydrogen-bond donors (Lipinski definition) is 1. The molecule has 3 aromatic carbocycles. The van der Waals surface area contributed by atoms with Gasteiger partial charge >= 0.3 is 0 Å². The third kappa shape index (κ3) is 8.58. The molecule has 1 heterocycles. The van der Waals surface area contributed by atoms with Gasteiger partial charge in [0.2, 0.25) is 15.9 Å². The molecule has 0 saturated heterocycles. The van der Waals surface area contributed by atoms with Gasteiger partial charge in [-0.3, -0.25) is 9.78 Å². The van der Waals surface area contributed by atoms with Gasteiger partial charge in [0.25, 0.3) is 0 Å². The monoisotopic (exact) mass is 601 g/mol. The summed E-state index contributed by atoms with van der Waals surface area (Å²) in [6.07, 6.45) is 5.71. The van der Waals surface area contributed by atoms with E-state index in [1.807, 2.05) is 49.9 Å². The smallest absolute Gasteiger partial charge is 0.238 e. The number of amides is 1. The summed E-state index contributed by atoms with van der Waals surface area (Å²) < 4.78 is 33.6. The van der Waals surface area contributed by atoms with E-state index in [9.17, 15) is 17.6 Å². The summed E-state index contributed by atoms with van der Waals surface area (Å²) in [6, 6.07) is 27.6.